The van der Waals surface area contributed by atoms with Gasteiger partial charge in [0, 0.05) is 59.1 Å². The van der Waals surface area contributed by atoms with Gasteiger partial charge in [-0.15, -0.1) is 24.0 Å². The summed E-state index contributed by atoms with van der Waals surface area (Å²) in [5.41, 5.74) is 0. The van der Waals surface area contributed by atoms with Gasteiger partial charge in [-0.25, -0.2) is 4.98 Å². The van der Waals surface area contributed by atoms with Crippen molar-refractivity contribution in [1.82, 2.24) is 20.1 Å². The molecule has 0 radical (unpaired) electrons. The van der Waals surface area contributed by atoms with Crippen LogP contribution in [0.2, 0.25) is 0 Å². The van der Waals surface area contributed by atoms with Crippen LogP contribution >= 0.6 is 24.0 Å². The van der Waals surface area contributed by atoms with Gasteiger partial charge >= 0.3 is 0 Å². The SMILES string of the molecule is CN=C(NCCCN1CC(C)CC(C)C1)N1CCN(c2ccccn2)CC1.I. The second-order valence-corrected chi connectivity index (χ2v) is 8.20. The van der Waals surface area contributed by atoms with Crippen LogP contribution in [0.1, 0.15) is 26.7 Å². The maximum Gasteiger partial charge on any atom is 0.193 e. The molecular formula is C21H37IN6. The van der Waals surface area contributed by atoms with E-state index in [2.05, 4.69) is 56.0 Å². The van der Waals surface area contributed by atoms with E-state index in [1.165, 1.54) is 32.5 Å². The van der Waals surface area contributed by atoms with Gasteiger partial charge in [-0.1, -0.05) is 19.9 Å². The normalized spacial score (nSPS) is 24.0. The molecule has 2 aliphatic heterocycles. The molecule has 1 aromatic heterocycles. The maximum atomic E-state index is 4.50. The van der Waals surface area contributed by atoms with Crippen molar-refractivity contribution in [1.29, 1.82) is 0 Å². The van der Waals surface area contributed by atoms with Gasteiger partial charge in [0.25, 0.3) is 0 Å². The first kappa shape index (κ1) is 23.2. The van der Waals surface area contributed by atoms with Crippen LogP contribution in [0.4, 0.5) is 5.82 Å². The molecule has 0 bridgehead atoms. The lowest BCUT2D eigenvalue weighted by Crippen LogP contribution is -2.53. The number of halogens is 1. The number of aliphatic imine (C=N–C) groups is 1. The molecule has 3 heterocycles. The molecule has 2 aliphatic rings. The third-order valence-corrected chi connectivity index (χ3v) is 5.64. The number of guanidine groups is 1. The second-order valence-electron chi connectivity index (χ2n) is 8.20. The molecule has 28 heavy (non-hydrogen) atoms. The minimum Gasteiger partial charge on any atom is -0.356 e. The van der Waals surface area contributed by atoms with Crippen LogP contribution in [0.25, 0.3) is 0 Å². The average molecular weight is 500 g/mol. The molecule has 2 saturated heterocycles. The fraction of sp³-hybridized carbons (Fsp3) is 0.714. The zero-order valence-corrected chi connectivity index (χ0v) is 20.0. The number of aromatic nitrogens is 1. The van der Waals surface area contributed by atoms with E-state index in [0.717, 1.165) is 56.3 Å². The van der Waals surface area contributed by atoms with Crippen molar-refractivity contribution in [2.75, 3.05) is 64.3 Å². The number of pyridine rings is 1. The Balaban J connectivity index is 0.00000280. The Morgan fingerprint density at radius 2 is 1.86 bits per heavy atom. The van der Waals surface area contributed by atoms with Crippen molar-refractivity contribution in [2.24, 2.45) is 16.8 Å². The molecular weight excluding hydrogens is 463 g/mol. The third kappa shape index (κ3) is 6.76. The Labute approximate surface area is 187 Å². The number of piperidine rings is 1. The zero-order chi connectivity index (χ0) is 19.1. The number of piperazine rings is 1. The van der Waals surface area contributed by atoms with Crippen LogP contribution in [0, 0.1) is 11.8 Å². The molecule has 0 saturated carbocycles. The van der Waals surface area contributed by atoms with Crippen LogP contribution in [-0.4, -0.2) is 80.1 Å². The number of hydrogen-bond acceptors (Lipinski definition) is 4. The van der Waals surface area contributed by atoms with Gasteiger partial charge in [0.1, 0.15) is 5.82 Å². The molecule has 0 aromatic carbocycles. The van der Waals surface area contributed by atoms with E-state index < -0.39 is 0 Å². The van der Waals surface area contributed by atoms with Gasteiger partial charge in [-0.05, 0) is 43.4 Å². The number of likely N-dealkylation sites (tertiary alicyclic amines) is 1. The number of rotatable bonds is 5. The highest BCUT2D eigenvalue weighted by molar-refractivity contribution is 14.0. The lowest BCUT2D eigenvalue weighted by atomic mass is 9.92. The Kier molecular flexibility index (Phi) is 9.77. The van der Waals surface area contributed by atoms with Crippen LogP contribution in [0.3, 0.4) is 0 Å². The predicted molar refractivity (Wildman–Crippen MR) is 129 cm³/mol. The van der Waals surface area contributed by atoms with Gasteiger partial charge < -0.3 is 20.0 Å². The van der Waals surface area contributed by atoms with Crippen molar-refractivity contribution in [3.05, 3.63) is 24.4 Å². The molecule has 7 heteroatoms. The Hall–Kier alpha value is -1.09. The van der Waals surface area contributed by atoms with Crippen LogP contribution in [0.5, 0.6) is 0 Å². The van der Waals surface area contributed by atoms with Gasteiger partial charge in [0.15, 0.2) is 5.96 Å². The number of nitrogens with zero attached hydrogens (tertiary/aromatic N) is 5. The predicted octanol–water partition coefficient (Wildman–Crippen LogP) is 2.77. The number of anilines is 1. The molecule has 158 valence electrons. The zero-order valence-electron chi connectivity index (χ0n) is 17.7. The molecule has 3 rings (SSSR count). The van der Waals surface area contributed by atoms with E-state index in [-0.39, 0.29) is 24.0 Å². The van der Waals surface area contributed by atoms with Gasteiger partial charge in [-0.2, -0.15) is 0 Å². The summed E-state index contributed by atoms with van der Waals surface area (Å²) in [4.78, 5) is 16.3. The summed E-state index contributed by atoms with van der Waals surface area (Å²) >= 11 is 0. The second kappa shape index (κ2) is 11.8. The minimum absolute atomic E-state index is 0. The largest absolute Gasteiger partial charge is 0.356 e. The monoisotopic (exact) mass is 500 g/mol. The molecule has 0 aliphatic carbocycles. The molecule has 6 nitrogen and oxygen atoms in total. The summed E-state index contributed by atoms with van der Waals surface area (Å²) in [6.07, 6.45) is 4.42. The van der Waals surface area contributed by atoms with Crippen molar-refractivity contribution in [3.63, 3.8) is 0 Å². The van der Waals surface area contributed by atoms with E-state index in [4.69, 9.17) is 0 Å². The van der Waals surface area contributed by atoms with E-state index in [1.807, 2.05) is 19.3 Å². The van der Waals surface area contributed by atoms with E-state index in [9.17, 15) is 0 Å². The van der Waals surface area contributed by atoms with Gasteiger partial charge in [-0.3, -0.25) is 4.99 Å². The highest BCUT2D eigenvalue weighted by atomic mass is 127. The van der Waals surface area contributed by atoms with Crippen LogP contribution in [-0.2, 0) is 0 Å². The molecule has 2 unspecified atom stereocenters. The first-order valence-corrected chi connectivity index (χ1v) is 10.5. The van der Waals surface area contributed by atoms with E-state index in [0.29, 0.717) is 0 Å². The maximum absolute atomic E-state index is 4.50. The van der Waals surface area contributed by atoms with Crippen molar-refractivity contribution in [3.8, 4) is 0 Å². The quantitative estimate of drug-likeness (QED) is 0.292. The van der Waals surface area contributed by atoms with E-state index in [1.54, 1.807) is 0 Å². The molecule has 1 N–H and O–H groups in total. The van der Waals surface area contributed by atoms with Crippen LogP contribution < -0.4 is 10.2 Å². The smallest absolute Gasteiger partial charge is 0.193 e. The average Bonchev–Trinajstić information content (AvgIpc) is 2.68. The Bertz CT molecular complexity index is 578. The number of nitrogens with one attached hydrogen (secondary N) is 1. The summed E-state index contributed by atoms with van der Waals surface area (Å²) in [6, 6.07) is 6.11. The Morgan fingerprint density at radius 3 is 2.46 bits per heavy atom. The third-order valence-electron chi connectivity index (χ3n) is 5.64. The van der Waals surface area contributed by atoms with Crippen LogP contribution in [0.15, 0.2) is 29.4 Å². The molecule has 0 amide bonds. The lowest BCUT2D eigenvalue weighted by Gasteiger charge is -2.37. The highest BCUT2D eigenvalue weighted by Crippen LogP contribution is 2.20. The Morgan fingerprint density at radius 1 is 1.14 bits per heavy atom. The molecule has 2 atom stereocenters. The molecule has 1 aromatic rings. The van der Waals surface area contributed by atoms with Crippen molar-refractivity contribution >= 4 is 35.8 Å². The summed E-state index contributed by atoms with van der Waals surface area (Å²) in [5.74, 6) is 3.79. The highest BCUT2D eigenvalue weighted by Gasteiger charge is 2.22. The minimum atomic E-state index is 0. The van der Waals surface area contributed by atoms with Gasteiger partial charge in [0.2, 0.25) is 0 Å². The fourth-order valence-corrected chi connectivity index (χ4v) is 4.50. The van der Waals surface area contributed by atoms with E-state index >= 15 is 0 Å². The standard InChI is InChI=1S/C21H36N6.HI/c1-18-15-19(2)17-25(16-18)10-6-9-24-21(22-3)27-13-11-26(12-14-27)20-7-4-5-8-23-20;/h4-5,7-8,18-19H,6,9-17H2,1-3H3,(H,22,24);1H. The number of hydrogen-bond donors (Lipinski definition) is 1. The topological polar surface area (TPSA) is 47.0 Å². The fourth-order valence-electron chi connectivity index (χ4n) is 4.50. The summed E-state index contributed by atoms with van der Waals surface area (Å²) in [5, 5.41) is 3.57. The first-order chi connectivity index (χ1) is 13.2. The van der Waals surface area contributed by atoms with Crippen molar-refractivity contribution < 1.29 is 0 Å². The van der Waals surface area contributed by atoms with Gasteiger partial charge in [0.05, 0.1) is 0 Å². The summed E-state index contributed by atoms with van der Waals surface area (Å²) in [7, 11) is 1.89. The molecule has 0 spiro atoms. The summed E-state index contributed by atoms with van der Waals surface area (Å²) < 4.78 is 0. The van der Waals surface area contributed by atoms with Crippen molar-refractivity contribution in [2.45, 2.75) is 26.7 Å². The first-order valence-electron chi connectivity index (χ1n) is 10.5. The lowest BCUT2D eigenvalue weighted by molar-refractivity contribution is 0.140. The molecule has 2 fully saturated rings. The summed E-state index contributed by atoms with van der Waals surface area (Å²) in [6.45, 7) is 13.4.